The van der Waals surface area contributed by atoms with Gasteiger partial charge in [-0.1, -0.05) is 18.2 Å². The number of rotatable bonds is 6. The molecule has 5 rings (SSSR count). The molecule has 7 heteroatoms. The number of benzene rings is 2. The van der Waals surface area contributed by atoms with Gasteiger partial charge in [0.15, 0.2) is 11.5 Å². The summed E-state index contributed by atoms with van der Waals surface area (Å²) < 4.78 is 17.0. The molecule has 2 fully saturated rings. The second kappa shape index (κ2) is 10.5. The molecule has 0 spiro atoms. The van der Waals surface area contributed by atoms with Gasteiger partial charge in [0, 0.05) is 37.8 Å². The van der Waals surface area contributed by atoms with Crippen LogP contribution >= 0.6 is 0 Å². The Morgan fingerprint density at radius 3 is 2.52 bits per heavy atom. The normalized spacial score (nSPS) is 21.5. The number of carbonyl (C=O) groups is 1. The first-order valence-corrected chi connectivity index (χ1v) is 12.1. The third-order valence-corrected chi connectivity index (χ3v) is 6.61. The highest BCUT2D eigenvalue weighted by Crippen LogP contribution is 2.37. The molecule has 0 aromatic heterocycles. The van der Waals surface area contributed by atoms with E-state index in [0.717, 1.165) is 75.8 Å². The van der Waals surface area contributed by atoms with Gasteiger partial charge >= 0.3 is 0 Å². The zero-order valence-electron chi connectivity index (χ0n) is 19.1. The topological polar surface area (TPSA) is 63.3 Å². The lowest BCUT2D eigenvalue weighted by Gasteiger charge is -2.26. The Labute approximate surface area is 195 Å². The number of nitrogens with zero attached hydrogens (tertiary/aromatic N) is 2. The first kappa shape index (κ1) is 22.2. The summed E-state index contributed by atoms with van der Waals surface area (Å²) in [7, 11) is 0. The second-order valence-corrected chi connectivity index (χ2v) is 9.02. The molecule has 2 aromatic rings. The fourth-order valence-electron chi connectivity index (χ4n) is 4.88. The van der Waals surface area contributed by atoms with Crippen LogP contribution in [0.5, 0.6) is 11.5 Å². The zero-order chi connectivity index (χ0) is 22.5. The van der Waals surface area contributed by atoms with Crippen LogP contribution in [-0.4, -0.2) is 68.3 Å². The van der Waals surface area contributed by atoms with Crippen LogP contribution in [-0.2, 0) is 16.1 Å². The largest absolute Gasteiger partial charge is 0.490 e. The van der Waals surface area contributed by atoms with E-state index in [0.29, 0.717) is 19.8 Å². The van der Waals surface area contributed by atoms with Crippen molar-refractivity contribution in [3.05, 3.63) is 53.6 Å². The maximum atomic E-state index is 12.8. The molecule has 2 aromatic carbocycles. The lowest BCUT2D eigenvalue weighted by atomic mass is 10.0. The Bertz CT molecular complexity index is 943. The van der Waals surface area contributed by atoms with Crippen molar-refractivity contribution in [2.75, 3.05) is 57.9 Å². The van der Waals surface area contributed by atoms with Gasteiger partial charge in [0.05, 0.1) is 33.0 Å². The van der Waals surface area contributed by atoms with Gasteiger partial charge in [-0.15, -0.1) is 0 Å². The van der Waals surface area contributed by atoms with Gasteiger partial charge in [-0.05, 0) is 54.8 Å². The summed E-state index contributed by atoms with van der Waals surface area (Å²) >= 11 is 0. The molecule has 3 aliphatic heterocycles. The summed E-state index contributed by atoms with van der Waals surface area (Å²) in [5.74, 6) is 1.66. The minimum absolute atomic E-state index is 0.0252. The van der Waals surface area contributed by atoms with E-state index < -0.39 is 0 Å². The van der Waals surface area contributed by atoms with Crippen LogP contribution in [0.3, 0.4) is 0 Å². The van der Waals surface area contributed by atoms with E-state index in [1.54, 1.807) is 0 Å². The van der Waals surface area contributed by atoms with Gasteiger partial charge in [-0.25, -0.2) is 0 Å². The highest BCUT2D eigenvalue weighted by molar-refractivity contribution is 5.92. The van der Waals surface area contributed by atoms with Crippen LogP contribution in [0.15, 0.2) is 42.5 Å². The van der Waals surface area contributed by atoms with Crippen LogP contribution in [0, 0.1) is 0 Å². The Balaban J connectivity index is 1.17. The molecule has 2 saturated heterocycles. The highest BCUT2D eigenvalue weighted by Gasteiger charge is 2.28. The quantitative estimate of drug-likeness (QED) is 0.726. The molecule has 3 heterocycles. The van der Waals surface area contributed by atoms with Gasteiger partial charge in [0.1, 0.15) is 0 Å². The van der Waals surface area contributed by atoms with Gasteiger partial charge in [-0.3, -0.25) is 14.6 Å². The van der Waals surface area contributed by atoms with Crippen molar-refractivity contribution in [2.45, 2.75) is 31.8 Å². The van der Waals surface area contributed by atoms with Gasteiger partial charge in [0.25, 0.3) is 0 Å². The summed E-state index contributed by atoms with van der Waals surface area (Å²) in [5, 5.41) is 3.07. The van der Waals surface area contributed by atoms with Crippen LogP contribution in [0.25, 0.3) is 0 Å². The van der Waals surface area contributed by atoms with Gasteiger partial charge in [-0.2, -0.15) is 0 Å². The average molecular weight is 452 g/mol. The third-order valence-electron chi connectivity index (χ3n) is 6.61. The van der Waals surface area contributed by atoms with E-state index in [4.69, 9.17) is 14.2 Å². The molecule has 176 valence electrons. The molecule has 7 nitrogen and oxygen atoms in total. The Hall–Kier alpha value is -2.61. The number of amides is 1. The maximum Gasteiger partial charge on any atom is 0.238 e. The molecule has 1 amide bonds. The van der Waals surface area contributed by atoms with Gasteiger partial charge < -0.3 is 19.5 Å². The predicted molar refractivity (Wildman–Crippen MR) is 127 cm³/mol. The van der Waals surface area contributed by atoms with E-state index in [-0.39, 0.29) is 11.9 Å². The smallest absolute Gasteiger partial charge is 0.238 e. The predicted octanol–water partition coefficient (Wildman–Crippen LogP) is 3.46. The van der Waals surface area contributed by atoms with Crippen molar-refractivity contribution in [2.24, 2.45) is 0 Å². The summed E-state index contributed by atoms with van der Waals surface area (Å²) in [6.07, 6.45) is 3.03. The van der Waals surface area contributed by atoms with Crippen molar-refractivity contribution in [1.82, 2.24) is 9.80 Å². The third kappa shape index (κ3) is 5.66. The van der Waals surface area contributed by atoms with E-state index in [1.165, 1.54) is 11.1 Å². The fourth-order valence-corrected chi connectivity index (χ4v) is 4.88. The highest BCUT2D eigenvalue weighted by atomic mass is 16.5. The Morgan fingerprint density at radius 2 is 1.70 bits per heavy atom. The van der Waals surface area contributed by atoms with E-state index in [9.17, 15) is 4.79 Å². The lowest BCUT2D eigenvalue weighted by molar-refractivity contribution is -0.117. The van der Waals surface area contributed by atoms with Crippen molar-refractivity contribution in [3.63, 3.8) is 0 Å². The molecule has 0 radical (unpaired) electrons. The number of anilines is 1. The maximum absolute atomic E-state index is 12.8. The number of morpholine rings is 1. The van der Waals surface area contributed by atoms with Crippen molar-refractivity contribution < 1.29 is 19.0 Å². The standard InChI is InChI=1S/C26H33N3O4/c30-26(27-22-7-4-20(5-8-22)18-28-11-15-31-16-12-28)19-29-10-1-3-23(29)21-6-9-24-25(17-21)33-14-2-13-32-24/h4-9,17,23H,1-3,10-16,18-19H2,(H,27,30). The summed E-state index contributed by atoms with van der Waals surface area (Å²) in [6.45, 7) is 7.14. The van der Waals surface area contributed by atoms with E-state index in [2.05, 4.69) is 39.4 Å². The molecule has 0 aliphatic carbocycles. The molecule has 1 unspecified atom stereocenters. The van der Waals surface area contributed by atoms with E-state index in [1.807, 2.05) is 18.2 Å². The minimum Gasteiger partial charge on any atom is -0.490 e. The summed E-state index contributed by atoms with van der Waals surface area (Å²) in [4.78, 5) is 17.5. The van der Waals surface area contributed by atoms with Crippen LogP contribution in [0.2, 0.25) is 0 Å². The number of hydrogen-bond acceptors (Lipinski definition) is 6. The number of nitrogens with one attached hydrogen (secondary N) is 1. The molecule has 3 aliphatic rings. The number of carbonyl (C=O) groups excluding carboxylic acids is 1. The first-order valence-electron chi connectivity index (χ1n) is 12.1. The zero-order valence-corrected chi connectivity index (χ0v) is 19.1. The lowest BCUT2D eigenvalue weighted by Crippen LogP contribution is -2.35. The SMILES string of the molecule is O=C(CN1CCCC1c1ccc2c(c1)OCCCO2)Nc1ccc(CN2CCOCC2)cc1. The Morgan fingerprint density at radius 1 is 0.909 bits per heavy atom. The number of hydrogen-bond donors (Lipinski definition) is 1. The Kier molecular flexibility index (Phi) is 7.09. The first-order chi connectivity index (χ1) is 16.2. The van der Waals surface area contributed by atoms with Crippen molar-refractivity contribution >= 4 is 11.6 Å². The average Bonchev–Trinajstić information content (AvgIpc) is 3.16. The second-order valence-electron chi connectivity index (χ2n) is 9.02. The minimum atomic E-state index is 0.0252. The molecule has 1 atom stereocenters. The van der Waals surface area contributed by atoms with Crippen LogP contribution in [0.1, 0.15) is 36.4 Å². The summed E-state index contributed by atoms with van der Waals surface area (Å²) in [6, 6.07) is 14.6. The molecule has 0 saturated carbocycles. The monoisotopic (exact) mass is 451 g/mol. The van der Waals surface area contributed by atoms with Crippen molar-refractivity contribution in [3.8, 4) is 11.5 Å². The molecule has 33 heavy (non-hydrogen) atoms. The molecular formula is C26H33N3O4. The van der Waals surface area contributed by atoms with Crippen LogP contribution in [0.4, 0.5) is 5.69 Å². The van der Waals surface area contributed by atoms with Crippen LogP contribution < -0.4 is 14.8 Å². The van der Waals surface area contributed by atoms with Gasteiger partial charge in [0.2, 0.25) is 5.91 Å². The van der Waals surface area contributed by atoms with Crippen molar-refractivity contribution in [1.29, 1.82) is 0 Å². The number of ether oxygens (including phenoxy) is 3. The van der Waals surface area contributed by atoms with E-state index >= 15 is 0 Å². The summed E-state index contributed by atoms with van der Waals surface area (Å²) in [5.41, 5.74) is 3.29. The number of fused-ring (bicyclic) bond motifs is 1. The molecule has 1 N–H and O–H groups in total. The fraction of sp³-hybridized carbons (Fsp3) is 0.500. The number of likely N-dealkylation sites (tertiary alicyclic amines) is 1. The molecule has 0 bridgehead atoms. The molecular weight excluding hydrogens is 418 g/mol.